The van der Waals surface area contributed by atoms with Gasteiger partial charge in [0.05, 0.1) is 0 Å². The zero-order chi connectivity index (χ0) is 31.6. The number of hydrogen-bond donors (Lipinski definition) is 1. The molecule has 0 aromatic heterocycles. The third-order valence-electron chi connectivity index (χ3n) is 10.1. The summed E-state index contributed by atoms with van der Waals surface area (Å²) in [6.45, 7) is 11.5. The highest BCUT2D eigenvalue weighted by atomic mass is 28.4. The highest BCUT2D eigenvalue weighted by molar-refractivity contribution is 6.99. The summed E-state index contributed by atoms with van der Waals surface area (Å²) in [7, 11) is -2.79. The van der Waals surface area contributed by atoms with E-state index in [1.165, 1.54) is 55.3 Å². The summed E-state index contributed by atoms with van der Waals surface area (Å²) in [5, 5.41) is 9.83. The summed E-state index contributed by atoms with van der Waals surface area (Å²) in [5.41, 5.74) is 9.46. The first-order valence-corrected chi connectivity index (χ1v) is 19.0. The number of carbonyl (C=O) groups is 1. The van der Waals surface area contributed by atoms with Crippen LogP contribution in [0.3, 0.4) is 0 Å². The van der Waals surface area contributed by atoms with Gasteiger partial charge in [-0.3, -0.25) is 0 Å². The predicted octanol–water partition coefficient (Wildman–Crippen LogP) is 8.33. The van der Waals surface area contributed by atoms with Gasteiger partial charge in [0.25, 0.3) is 8.32 Å². The molecule has 0 spiro atoms. The van der Waals surface area contributed by atoms with Crippen LogP contribution in [0.25, 0.3) is 10.4 Å². The molecule has 4 rings (SSSR count). The molecule has 0 radical (unpaired) electrons. The SMILES string of the molecule is CCCCCCCCC[C@@H]1C[C@@H]2CC[C@H]([C@H](CO[Si](c3ccccc3)(c3ccccc3)C(C)(C)C)[C@H](C)N=[N+]=[N-])N2C(=O)N1. The van der Waals surface area contributed by atoms with Gasteiger partial charge in [-0.25, -0.2) is 4.79 Å². The quantitative estimate of drug-likeness (QED) is 0.0674. The Bertz CT molecular complexity index is 1170. The number of rotatable bonds is 16. The average Bonchev–Trinajstić information content (AvgIpc) is 3.43. The van der Waals surface area contributed by atoms with Gasteiger partial charge in [0.15, 0.2) is 0 Å². The Balaban J connectivity index is 1.52. The lowest BCUT2D eigenvalue weighted by Crippen LogP contribution is -2.67. The van der Waals surface area contributed by atoms with E-state index >= 15 is 0 Å². The number of amides is 2. The predicted molar refractivity (Wildman–Crippen MR) is 184 cm³/mol. The van der Waals surface area contributed by atoms with Crippen molar-refractivity contribution in [2.24, 2.45) is 11.0 Å². The van der Waals surface area contributed by atoms with Gasteiger partial charge >= 0.3 is 6.03 Å². The fraction of sp³-hybridized carbons (Fsp3) is 0.639. The maximum absolute atomic E-state index is 13.7. The van der Waals surface area contributed by atoms with Gasteiger partial charge < -0.3 is 14.6 Å². The van der Waals surface area contributed by atoms with Crippen molar-refractivity contribution in [2.75, 3.05) is 6.61 Å². The monoisotopic (exact) mass is 617 g/mol. The summed E-state index contributed by atoms with van der Waals surface area (Å²) in [6, 6.07) is 21.5. The summed E-state index contributed by atoms with van der Waals surface area (Å²) in [4.78, 5) is 19.0. The van der Waals surface area contributed by atoms with Crippen molar-refractivity contribution in [3.8, 4) is 0 Å². The van der Waals surface area contributed by atoms with E-state index in [-0.39, 0.29) is 41.2 Å². The highest BCUT2D eigenvalue weighted by Crippen LogP contribution is 2.40. The van der Waals surface area contributed by atoms with Crippen LogP contribution >= 0.6 is 0 Å². The Labute approximate surface area is 266 Å². The van der Waals surface area contributed by atoms with Crippen molar-refractivity contribution < 1.29 is 9.22 Å². The van der Waals surface area contributed by atoms with Crippen LogP contribution in [0.4, 0.5) is 4.79 Å². The van der Waals surface area contributed by atoms with E-state index in [9.17, 15) is 10.3 Å². The largest absolute Gasteiger partial charge is 0.407 e. The second-order valence-electron chi connectivity index (χ2n) is 14.1. The minimum atomic E-state index is -2.79. The lowest BCUT2D eigenvalue weighted by Gasteiger charge is -2.46. The zero-order valence-corrected chi connectivity index (χ0v) is 28.8. The number of fused-ring (bicyclic) bond motifs is 1. The first kappa shape index (κ1) is 34.1. The average molecular weight is 618 g/mol. The van der Waals surface area contributed by atoms with Crippen molar-refractivity contribution in [3.63, 3.8) is 0 Å². The van der Waals surface area contributed by atoms with E-state index in [2.05, 4.69) is 109 Å². The van der Waals surface area contributed by atoms with E-state index in [1.807, 2.05) is 6.92 Å². The first-order chi connectivity index (χ1) is 21.2. The van der Waals surface area contributed by atoms with Gasteiger partial charge in [-0.15, -0.1) is 0 Å². The second kappa shape index (κ2) is 16.0. The summed E-state index contributed by atoms with van der Waals surface area (Å²) in [5.74, 6) is -0.108. The number of nitrogens with zero attached hydrogens (tertiary/aromatic N) is 4. The van der Waals surface area contributed by atoms with Crippen LogP contribution in [0.15, 0.2) is 65.8 Å². The van der Waals surface area contributed by atoms with Crippen molar-refractivity contribution in [1.82, 2.24) is 10.2 Å². The van der Waals surface area contributed by atoms with Crippen LogP contribution in [0, 0.1) is 5.92 Å². The molecule has 2 aromatic rings. The second-order valence-corrected chi connectivity index (χ2v) is 18.4. The van der Waals surface area contributed by atoms with E-state index in [1.54, 1.807) is 0 Å². The molecule has 44 heavy (non-hydrogen) atoms. The summed E-state index contributed by atoms with van der Waals surface area (Å²) < 4.78 is 7.34. The summed E-state index contributed by atoms with van der Waals surface area (Å²) >= 11 is 0. The lowest BCUT2D eigenvalue weighted by molar-refractivity contribution is 0.0916. The highest BCUT2D eigenvalue weighted by Gasteiger charge is 2.52. The van der Waals surface area contributed by atoms with Crippen LogP contribution in [-0.4, -0.2) is 50.0 Å². The zero-order valence-electron chi connectivity index (χ0n) is 27.8. The molecule has 1 N–H and O–H groups in total. The van der Waals surface area contributed by atoms with Crippen molar-refractivity contribution in [1.29, 1.82) is 0 Å². The smallest absolute Gasteiger partial charge is 0.318 e. The molecule has 7 nitrogen and oxygen atoms in total. The maximum Gasteiger partial charge on any atom is 0.318 e. The molecule has 2 aliphatic heterocycles. The fourth-order valence-electron chi connectivity index (χ4n) is 7.78. The standard InChI is InChI=1S/C36H55N5O2Si/c1-6-7-8-9-10-11-14-19-29-26-30-24-25-34(41(30)35(42)38-29)33(28(2)39-40-37)27-43-44(36(3,4)5,31-20-15-12-16-21-31)32-22-17-13-18-23-32/h12-13,15-18,20-23,28-30,33-34H,6-11,14,19,24-27H2,1-5H3,(H,38,42)/t28-,29+,30-,33+,34+/m0/s1. The molecule has 5 atom stereocenters. The number of unbranched alkanes of at least 4 members (excludes halogenated alkanes) is 6. The molecule has 2 amide bonds. The maximum atomic E-state index is 13.7. The van der Waals surface area contributed by atoms with Gasteiger partial charge in [-0.05, 0) is 46.6 Å². The lowest BCUT2D eigenvalue weighted by atomic mass is 9.92. The number of benzene rings is 2. The molecular weight excluding hydrogens is 563 g/mol. The Hall–Kier alpha value is -2.80. The van der Waals surface area contributed by atoms with Crippen LogP contribution < -0.4 is 15.7 Å². The molecular formula is C36H55N5O2Si. The molecule has 0 aliphatic carbocycles. The Morgan fingerprint density at radius 2 is 1.57 bits per heavy atom. The topological polar surface area (TPSA) is 90.3 Å². The van der Waals surface area contributed by atoms with Crippen LogP contribution in [0.2, 0.25) is 5.04 Å². The van der Waals surface area contributed by atoms with E-state index in [0.717, 1.165) is 25.7 Å². The molecule has 2 aliphatic rings. The number of nitrogens with one attached hydrogen (secondary N) is 1. The molecule has 8 heteroatoms. The van der Waals surface area contributed by atoms with Gasteiger partial charge in [-0.2, -0.15) is 0 Å². The Morgan fingerprint density at radius 1 is 0.977 bits per heavy atom. The normalized spacial score (nSPS) is 21.7. The number of azide groups is 1. The Morgan fingerprint density at radius 3 is 2.14 bits per heavy atom. The molecule has 2 aromatic carbocycles. The van der Waals surface area contributed by atoms with Gasteiger partial charge in [-0.1, -0.05) is 145 Å². The molecule has 240 valence electrons. The fourth-order valence-corrected chi connectivity index (χ4v) is 12.4. The Kier molecular flexibility index (Phi) is 12.4. The van der Waals surface area contributed by atoms with E-state index in [4.69, 9.17) is 4.43 Å². The first-order valence-electron chi connectivity index (χ1n) is 17.1. The number of carbonyl (C=O) groups excluding carboxylic acids is 1. The van der Waals surface area contributed by atoms with Crippen molar-refractivity contribution >= 4 is 24.7 Å². The van der Waals surface area contributed by atoms with Crippen LogP contribution in [0.1, 0.15) is 105 Å². The molecule has 0 unspecified atom stereocenters. The van der Waals surface area contributed by atoms with E-state index < -0.39 is 8.32 Å². The molecule has 2 heterocycles. The third-order valence-corrected chi connectivity index (χ3v) is 15.1. The summed E-state index contributed by atoms with van der Waals surface area (Å²) in [6.07, 6.45) is 12.9. The van der Waals surface area contributed by atoms with Crippen LogP contribution in [-0.2, 0) is 4.43 Å². The number of hydrogen-bond acceptors (Lipinski definition) is 3. The minimum Gasteiger partial charge on any atom is -0.407 e. The van der Waals surface area contributed by atoms with E-state index in [0.29, 0.717) is 6.61 Å². The molecule has 2 fully saturated rings. The van der Waals surface area contributed by atoms with Crippen molar-refractivity contribution in [2.45, 2.75) is 134 Å². The van der Waals surface area contributed by atoms with Crippen molar-refractivity contribution in [3.05, 3.63) is 71.1 Å². The van der Waals surface area contributed by atoms with Crippen LogP contribution in [0.5, 0.6) is 0 Å². The third kappa shape index (κ3) is 7.88. The molecule has 0 bridgehead atoms. The van der Waals surface area contributed by atoms with Gasteiger partial charge in [0, 0.05) is 41.6 Å². The molecule has 2 saturated heterocycles. The van der Waals surface area contributed by atoms with Gasteiger partial charge in [0.2, 0.25) is 0 Å². The minimum absolute atomic E-state index is 0.0294. The van der Waals surface area contributed by atoms with Gasteiger partial charge in [0.1, 0.15) is 0 Å². The number of urea groups is 1. The molecule has 0 saturated carbocycles.